The van der Waals surface area contributed by atoms with Crippen LogP contribution in [0.15, 0.2) is 22.6 Å². The van der Waals surface area contributed by atoms with Crippen molar-refractivity contribution in [2.24, 2.45) is 0 Å². The van der Waals surface area contributed by atoms with Crippen LogP contribution in [0.5, 0.6) is 11.5 Å². The summed E-state index contributed by atoms with van der Waals surface area (Å²) in [4.78, 5) is 0. The van der Waals surface area contributed by atoms with E-state index in [1.807, 2.05) is 18.2 Å². The number of fused-ring (bicyclic) bond motifs is 1. The molecule has 1 aromatic carbocycles. The Kier molecular flexibility index (Phi) is 3.23. The molecule has 1 saturated heterocycles. The highest BCUT2D eigenvalue weighted by Gasteiger charge is 2.23. The maximum Gasteiger partial charge on any atom is 0.222 e. The molecule has 3 heterocycles. The maximum absolute atomic E-state index is 5.74. The Bertz CT molecular complexity index is 634. The summed E-state index contributed by atoms with van der Waals surface area (Å²) in [6.07, 6.45) is 1.54. The fraction of sp³-hybridized carbons (Fsp3) is 0.467. The van der Waals surface area contributed by atoms with Gasteiger partial charge in [-0.2, -0.15) is 0 Å². The molecule has 0 N–H and O–H groups in total. The number of rotatable bonds is 3. The Hall–Kier alpha value is -2.08. The first-order valence-electron chi connectivity index (χ1n) is 7.17. The number of benzene rings is 1. The van der Waals surface area contributed by atoms with Crippen molar-refractivity contribution in [3.8, 4) is 11.5 Å². The molecule has 6 heteroatoms. The monoisotopic (exact) mass is 288 g/mol. The van der Waals surface area contributed by atoms with Crippen molar-refractivity contribution in [3.05, 3.63) is 35.5 Å². The largest absolute Gasteiger partial charge is 0.486 e. The Labute approximate surface area is 122 Å². The molecule has 0 amide bonds. The first-order valence-corrected chi connectivity index (χ1v) is 7.17. The smallest absolute Gasteiger partial charge is 0.222 e. The molecule has 0 bridgehead atoms. The molecule has 6 nitrogen and oxygen atoms in total. The van der Waals surface area contributed by atoms with Crippen LogP contribution in [0.3, 0.4) is 0 Å². The van der Waals surface area contributed by atoms with Crippen LogP contribution in [0.2, 0.25) is 0 Å². The predicted octanol–water partition coefficient (Wildman–Crippen LogP) is 1.94. The molecule has 0 saturated carbocycles. The molecule has 0 radical (unpaired) electrons. The molecule has 1 atom stereocenters. The quantitative estimate of drug-likeness (QED) is 0.860. The Balaban J connectivity index is 1.50. The third-order valence-electron chi connectivity index (χ3n) is 3.72. The summed E-state index contributed by atoms with van der Waals surface area (Å²) in [6, 6.07) is 5.89. The van der Waals surface area contributed by atoms with Crippen molar-refractivity contribution in [1.82, 2.24) is 10.2 Å². The minimum absolute atomic E-state index is 0.242. The van der Waals surface area contributed by atoms with E-state index in [1.165, 1.54) is 0 Å². The zero-order valence-corrected chi connectivity index (χ0v) is 11.6. The Morgan fingerprint density at radius 2 is 1.95 bits per heavy atom. The molecule has 2 aliphatic rings. The van der Waals surface area contributed by atoms with E-state index in [-0.39, 0.29) is 5.92 Å². The maximum atomic E-state index is 5.74. The lowest BCUT2D eigenvalue weighted by atomic mass is 10.1. The molecular formula is C15H16N2O4. The van der Waals surface area contributed by atoms with Crippen LogP contribution < -0.4 is 9.47 Å². The lowest BCUT2D eigenvalue weighted by Gasteiger charge is -2.18. The summed E-state index contributed by atoms with van der Waals surface area (Å²) in [5.41, 5.74) is 1.07. The van der Waals surface area contributed by atoms with Crippen molar-refractivity contribution in [2.75, 3.05) is 26.4 Å². The summed E-state index contributed by atoms with van der Waals surface area (Å²) in [5, 5.41) is 8.25. The SMILES string of the molecule is c1cc2c(cc1Cc1nnc(C3CCOC3)o1)OCCO2. The lowest BCUT2D eigenvalue weighted by molar-refractivity contribution is 0.171. The van der Waals surface area contributed by atoms with Crippen molar-refractivity contribution in [2.45, 2.75) is 18.8 Å². The van der Waals surface area contributed by atoms with Crippen LogP contribution in [0.25, 0.3) is 0 Å². The van der Waals surface area contributed by atoms with Gasteiger partial charge in [-0.3, -0.25) is 0 Å². The topological polar surface area (TPSA) is 66.6 Å². The highest BCUT2D eigenvalue weighted by Crippen LogP contribution is 2.31. The van der Waals surface area contributed by atoms with Crippen molar-refractivity contribution in [3.63, 3.8) is 0 Å². The summed E-state index contributed by atoms with van der Waals surface area (Å²) in [7, 11) is 0. The van der Waals surface area contributed by atoms with E-state index in [0.717, 1.165) is 30.1 Å². The molecule has 110 valence electrons. The first-order chi connectivity index (χ1) is 10.4. The fourth-order valence-corrected chi connectivity index (χ4v) is 2.60. The molecule has 0 spiro atoms. The van der Waals surface area contributed by atoms with Crippen molar-refractivity contribution >= 4 is 0 Å². The third-order valence-corrected chi connectivity index (χ3v) is 3.72. The second kappa shape index (κ2) is 5.37. The zero-order valence-electron chi connectivity index (χ0n) is 11.6. The molecular weight excluding hydrogens is 272 g/mol. The van der Waals surface area contributed by atoms with Gasteiger partial charge in [-0.05, 0) is 24.1 Å². The van der Waals surface area contributed by atoms with E-state index < -0.39 is 0 Å². The van der Waals surface area contributed by atoms with Gasteiger partial charge < -0.3 is 18.6 Å². The first kappa shape index (κ1) is 12.6. The average Bonchev–Trinajstić information content (AvgIpc) is 3.18. The molecule has 1 fully saturated rings. The van der Waals surface area contributed by atoms with E-state index in [2.05, 4.69) is 10.2 Å². The second-order valence-electron chi connectivity index (χ2n) is 5.25. The van der Waals surface area contributed by atoms with Gasteiger partial charge in [0, 0.05) is 6.61 Å². The summed E-state index contributed by atoms with van der Waals surface area (Å²) in [5.74, 6) is 3.11. The number of hydrogen-bond acceptors (Lipinski definition) is 6. The molecule has 1 aromatic heterocycles. The van der Waals surface area contributed by atoms with Gasteiger partial charge in [0.25, 0.3) is 0 Å². The number of aromatic nitrogens is 2. The van der Waals surface area contributed by atoms with E-state index in [4.69, 9.17) is 18.6 Å². The summed E-state index contributed by atoms with van der Waals surface area (Å²) >= 11 is 0. The van der Waals surface area contributed by atoms with Crippen LogP contribution >= 0.6 is 0 Å². The molecule has 1 unspecified atom stereocenters. The van der Waals surface area contributed by atoms with Gasteiger partial charge in [0.05, 0.1) is 18.9 Å². The van der Waals surface area contributed by atoms with Gasteiger partial charge in [0.2, 0.25) is 11.8 Å². The van der Waals surface area contributed by atoms with Gasteiger partial charge >= 0.3 is 0 Å². The van der Waals surface area contributed by atoms with Crippen molar-refractivity contribution in [1.29, 1.82) is 0 Å². The van der Waals surface area contributed by atoms with Crippen LogP contribution in [0, 0.1) is 0 Å². The van der Waals surface area contributed by atoms with Crippen molar-refractivity contribution < 1.29 is 18.6 Å². The Morgan fingerprint density at radius 3 is 2.81 bits per heavy atom. The van der Waals surface area contributed by atoms with E-state index in [9.17, 15) is 0 Å². The van der Waals surface area contributed by atoms with E-state index in [0.29, 0.717) is 38.0 Å². The highest BCUT2D eigenvalue weighted by atomic mass is 16.6. The Morgan fingerprint density at radius 1 is 1.05 bits per heavy atom. The lowest BCUT2D eigenvalue weighted by Crippen LogP contribution is -2.15. The summed E-state index contributed by atoms with van der Waals surface area (Å²) < 4.78 is 22.2. The van der Waals surface area contributed by atoms with Crippen LogP contribution in [0.1, 0.15) is 29.7 Å². The zero-order chi connectivity index (χ0) is 14.1. The number of nitrogens with zero attached hydrogens (tertiary/aromatic N) is 2. The fourth-order valence-electron chi connectivity index (χ4n) is 2.60. The van der Waals surface area contributed by atoms with Crippen LogP contribution in [-0.4, -0.2) is 36.6 Å². The molecule has 2 aromatic rings. The highest BCUT2D eigenvalue weighted by molar-refractivity contribution is 5.44. The molecule has 4 rings (SSSR count). The van der Waals surface area contributed by atoms with Gasteiger partial charge in [-0.1, -0.05) is 6.07 Å². The predicted molar refractivity (Wildman–Crippen MR) is 72.7 cm³/mol. The van der Waals surface area contributed by atoms with Gasteiger partial charge in [0.15, 0.2) is 11.5 Å². The molecule has 2 aliphatic heterocycles. The van der Waals surface area contributed by atoms with E-state index >= 15 is 0 Å². The number of hydrogen-bond donors (Lipinski definition) is 0. The normalized spacial score (nSPS) is 20.7. The van der Waals surface area contributed by atoms with E-state index in [1.54, 1.807) is 0 Å². The van der Waals surface area contributed by atoms with Crippen LogP contribution in [-0.2, 0) is 11.2 Å². The molecule has 21 heavy (non-hydrogen) atoms. The van der Waals surface area contributed by atoms with Gasteiger partial charge in [0.1, 0.15) is 13.2 Å². The third kappa shape index (κ3) is 2.58. The second-order valence-corrected chi connectivity index (χ2v) is 5.25. The molecule has 0 aliphatic carbocycles. The average molecular weight is 288 g/mol. The minimum Gasteiger partial charge on any atom is -0.486 e. The van der Waals surface area contributed by atoms with Gasteiger partial charge in [-0.25, -0.2) is 0 Å². The minimum atomic E-state index is 0.242. The summed E-state index contributed by atoms with van der Waals surface area (Å²) in [6.45, 7) is 2.63. The standard InChI is InChI=1S/C15H16N2O4/c1-2-12-13(20-6-5-19-12)7-10(1)8-14-16-17-15(21-14)11-3-4-18-9-11/h1-2,7,11H,3-6,8-9H2. The number of ether oxygens (including phenoxy) is 3. The van der Waals surface area contributed by atoms with Crippen LogP contribution in [0.4, 0.5) is 0 Å². The van der Waals surface area contributed by atoms with Gasteiger partial charge in [-0.15, -0.1) is 10.2 Å².